The highest BCUT2D eigenvalue weighted by molar-refractivity contribution is 7.98. The van der Waals surface area contributed by atoms with E-state index in [0.29, 0.717) is 0 Å². The zero-order valence-corrected chi connectivity index (χ0v) is 7.63. The van der Waals surface area contributed by atoms with Crippen molar-refractivity contribution in [1.82, 2.24) is 4.98 Å². The zero-order valence-electron chi connectivity index (χ0n) is 6.81. The summed E-state index contributed by atoms with van der Waals surface area (Å²) in [7, 11) is 0. The first-order chi connectivity index (χ1) is 5.42. The zero-order chi connectivity index (χ0) is 7.68. The molecule has 1 aromatic heterocycles. The summed E-state index contributed by atoms with van der Waals surface area (Å²) < 4.78 is 0. The summed E-state index contributed by atoms with van der Waals surface area (Å²) in [5, 5.41) is 0. The SMILES string of the molecule is CSc1c[nH]c2c1CCCC2. The number of aryl methyl sites for hydroxylation is 1. The normalized spacial score (nSPS) is 16.5. The van der Waals surface area contributed by atoms with Crippen LogP contribution in [0.1, 0.15) is 24.1 Å². The second-order valence-corrected chi connectivity index (χ2v) is 3.87. The van der Waals surface area contributed by atoms with E-state index < -0.39 is 0 Å². The Bertz CT molecular complexity index is 239. The van der Waals surface area contributed by atoms with Crippen LogP contribution in [0.4, 0.5) is 0 Å². The first-order valence-electron chi connectivity index (χ1n) is 4.15. The maximum absolute atomic E-state index is 3.36. The molecular weight excluding hydrogens is 154 g/mol. The molecule has 0 bridgehead atoms. The molecule has 0 aromatic carbocycles. The van der Waals surface area contributed by atoms with Crippen LogP contribution in [0.2, 0.25) is 0 Å². The van der Waals surface area contributed by atoms with E-state index in [4.69, 9.17) is 0 Å². The molecule has 0 unspecified atom stereocenters. The van der Waals surface area contributed by atoms with E-state index >= 15 is 0 Å². The Balaban J connectivity index is 2.38. The van der Waals surface area contributed by atoms with E-state index in [2.05, 4.69) is 17.4 Å². The molecule has 0 aliphatic heterocycles. The number of thioether (sulfide) groups is 1. The van der Waals surface area contributed by atoms with Gasteiger partial charge in [-0.3, -0.25) is 0 Å². The van der Waals surface area contributed by atoms with Crippen LogP contribution in [-0.4, -0.2) is 11.2 Å². The third-order valence-electron chi connectivity index (χ3n) is 2.36. The average Bonchev–Trinajstić information content (AvgIpc) is 2.47. The van der Waals surface area contributed by atoms with Crippen molar-refractivity contribution in [3.8, 4) is 0 Å². The van der Waals surface area contributed by atoms with Gasteiger partial charge in [0, 0.05) is 16.8 Å². The lowest BCUT2D eigenvalue weighted by Gasteiger charge is -2.11. The monoisotopic (exact) mass is 167 g/mol. The van der Waals surface area contributed by atoms with Gasteiger partial charge in [0.25, 0.3) is 0 Å². The van der Waals surface area contributed by atoms with Crippen LogP contribution >= 0.6 is 11.8 Å². The minimum absolute atomic E-state index is 1.26. The summed E-state index contributed by atoms with van der Waals surface area (Å²) in [6, 6.07) is 0. The molecule has 2 rings (SSSR count). The lowest BCUT2D eigenvalue weighted by atomic mass is 9.98. The maximum Gasteiger partial charge on any atom is 0.0279 e. The van der Waals surface area contributed by atoms with Crippen molar-refractivity contribution in [3.05, 3.63) is 17.5 Å². The second-order valence-electron chi connectivity index (χ2n) is 3.02. The first kappa shape index (κ1) is 7.29. The van der Waals surface area contributed by atoms with Gasteiger partial charge >= 0.3 is 0 Å². The summed E-state index contributed by atoms with van der Waals surface area (Å²) in [6.07, 6.45) is 9.59. The summed E-state index contributed by atoms with van der Waals surface area (Å²) in [6.45, 7) is 0. The molecule has 1 N–H and O–H groups in total. The second kappa shape index (κ2) is 2.94. The molecule has 1 aliphatic rings. The van der Waals surface area contributed by atoms with E-state index in [1.54, 1.807) is 5.56 Å². The van der Waals surface area contributed by atoms with E-state index in [-0.39, 0.29) is 0 Å². The van der Waals surface area contributed by atoms with Gasteiger partial charge < -0.3 is 4.98 Å². The fourth-order valence-electron chi connectivity index (χ4n) is 1.76. The molecule has 0 saturated carbocycles. The van der Waals surface area contributed by atoms with Crippen LogP contribution in [0.15, 0.2) is 11.1 Å². The number of hydrogen-bond acceptors (Lipinski definition) is 1. The van der Waals surface area contributed by atoms with Gasteiger partial charge in [0.1, 0.15) is 0 Å². The van der Waals surface area contributed by atoms with Crippen molar-refractivity contribution in [2.24, 2.45) is 0 Å². The number of aromatic nitrogens is 1. The number of fused-ring (bicyclic) bond motifs is 1. The molecule has 0 atom stereocenters. The highest BCUT2D eigenvalue weighted by atomic mass is 32.2. The Kier molecular flexibility index (Phi) is 1.95. The summed E-state index contributed by atoms with van der Waals surface area (Å²) in [5.41, 5.74) is 3.07. The molecule has 0 radical (unpaired) electrons. The van der Waals surface area contributed by atoms with Crippen LogP contribution in [0.25, 0.3) is 0 Å². The number of nitrogens with one attached hydrogen (secondary N) is 1. The number of H-pyrrole nitrogens is 1. The summed E-state index contributed by atoms with van der Waals surface area (Å²) in [5.74, 6) is 0. The fourth-order valence-corrected chi connectivity index (χ4v) is 2.41. The van der Waals surface area contributed by atoms with Crippen molar-refractivity contribution in [3.63, 3.8) is 0 Å². The molecule has 2 heteroatoms. The van der Waals surface area contributed by atoms with Gasteiger partial charge in [-0.1, -0.05) is 0 Å². The standard InChI is InChI=1S/C9H13NS/c1-11-9-6-10-8-5-3-2-4-7(8)9/h6,10H,2-5H2,1H3. The lowest BCUT2D eigenvalue weighted by molar-refractivity contribution is 0.671. The molecule has 1 aliphatic carbocycles. The largest absolute Gasteiger partial charge is 0.364 e. The van der Waals surface area contributed by atoms with Gasteiger partial charge in [-0.15, -0.1) is 11.8 Å². The Morgan fingerprint density at radius 1 is 1.36 bits per heavy atom. The summed E-state index contributed by atoms with van der Waals surface area (Å²) in [4.78, 5) is 4.81. The minimum atomic E-state index is 1.26. The Hall–Kier alpha value is -0.370. The van der Waals surface area contributed by atoms with Crippen LogP contribution in [0.5, 0.6) is 0 Å². The van der Waals surface area contributed by atoms with E-state index in [9.17, 15) is 0 Å². The van der Waals surface area contributed by atoms with Crippen molar-refractivity contribution >= 4 is 11.8 Å². The van der Waals surface area contributed by atoms with Crippen LogP contribution in [0.3, 0.4) is 0 Å². The van der Waals surface area contributed by atoms with Crippen molar-refractivity contribution in [2.45, 2.75) is 30.6 Å². The van der Waals surface area contributed by atoms with Gasteiger partial charge in [0.2, 0.25) is 0 Å². The molecule has 0 fully saturated rings. The molecule has 0 saturated heterocycles. The van der Waals surface area contributed by atoms with Gasteiger partial charge in [0.05, 0.1) is 0 Å². The molecule has 0 spiro atoms. The fraction of sp³-hybridized carbons (Fsp3) is 0.556. The molecule has 1 aromatic rings. The van der Waals surface area contributed by atoms with Gasteiger partial charge in [-0.25, -0.2) is 0 Å². The Labute approximate surface area is 71.6 Å². The molecular formula is C9H13NS. The Morgan fingerprint density at radius 3 is 3.00 bits per heavy atom. The van der Waals surface area contributed by atoms with Crippen molar-refractivity contribution in [2.75, 3.05) is 6.26 Å². The average molecular weight is 167 g/mol. The van der Waals surface area contributed by atoms with E-state index in [1.807, 2.05) is 11.8 Å². The predicted octanol–water partition coefficient (Wildman–Crippen LogP) is 2.62. The van der Waals surface area contributed by atoms with Crippen molar-refractivity contribution < 1.29 is 0 Å². The van der Waals surface area contributed by atoms with Crippen LogP contribution in [0, 0.1) is 0 Å². The third-order valence-corrected chi connectivity index (χ3v) is 3.17. The topological polar surface area (TPSA) is 15.8 Å². The van der Waals surface area contributed by atoms with Gasteiger partial charge in [-0.2, -0.15) is 0 Å². The molecule has 1 nitrogen and oxygen atoms in total. The lowest BCUT2D eigenvalue weighted by Crippen LogP contribution is -2.00. The predicted molar refractivity (Wildman–Crippen MR) is 49.2 cm³/mol. The van der Waals surface area contributed by atoms with Crippen LogP contribution in [-0.2, 0) is 12.8 Å². The molecule has 1 heterocycles. The number of hydrogen-bond donors (Lipinski definition) is 1. The summed E-state index contributed by atoms with van der Waals surface area (Å²) >= 11 is 1.86. The number of aromatic amines is 1. The molecule has 0 amide bonds. The third kappa shape index (κ3) is 1.20. The van der Waals surface area contributed by atoms with Crippen molar-refractivity contribution in [1.29, 1.82) is 0 Å². The van der Waals surface area contributed by atoms with E-state index in [0.717, 1.165) is 0 Å². The number of rotatable bonds is 1. The first-order valence-corrected chi connectivity index (χ1v) is 5.37. The molecule has 11 heavy (non-hydrogen) atoms. The highest BCUT2D eigenvalue weighted by Gasteiger charge is 2.13. The minimum Gasteiger partial charge on any atom is -0.364 e. The highest BCUT2D eigenvalue weighted by Crippen LogP contribution is 2.29. The van der Waals surface area contributed by atoms with Crippen LogP contribution < -0.4 is 0 Å². The van der Waals surface area contributed by atoms with Gasteiger partial charge in [-0.05, 0) is 37.5 Å². The maximum atomic E-state index is 3.36. The molecule has 60 valence electrons. The van der Waals surface area contributed by atoms with Gasteiger partial charge in [0.15, 0.2) is 0 Å². The Morgan fingerprint density at radius 2 is 2.18 bits per heavy atom. The van der Waals surface area contributed by atoms with E-state index in [1.165, 1.54) is 36.3 Å². The smallest absolute Gasteiger partial charge is 0.0279 e. The quantitative estimate of drug-likeness (QED) is 0.636.